The number of hydrogen-bond acceptors (Lipinski definition) is 4. The lowest BCUT2D eigenvalue weighted by Crippen LogP contribution is -2.29. The zero-order valence-corrected chi connectivity index (χ0v) is 12.6. The molecule has 114 valence electrons. The zero-order chi connectivity index (χ0) is 13.9. The van der Waals surface area contributed by atoms with Crippen molar-refractivity contribution in [2.45, 2.75) is 19.8 Å². The molecule has 0 aliphatic carbocycles. The molecule has 0 fully saturated rings. The van der Waals surface area contributed by atoms with Gasteiger partial charge in [0.05, 0.1) is 13.2 Å². The first-order valence-electron chi connectivity index (χ1n) is 6.58. The van der Waals surface area contributed by atoms with Crippen LogP contribution in [0.3, 0.4) is 0 Å². The van der Waals surface area contributed by atoms with Crippen LogP contribution in [0.4, 0.5) is 0 Å². The van der Waals surface area contributed by atoms with Crippen LogP contribution < -0.4 is 20.5 Å². The van der Waals surface area contributed by atoms with Gasteiger partial charge in [-0.25, -0.2) is 0 Å². The summed E-state index contributed by atoms with van der Waals surface area (Å²) in [7, 11) is 0. The first-order valence-corrected chi connectivity index (χ1v) is 6.58. The van der Waals surface area contributed by atoms with Gasteiger partial charge in [0, 0.05) is 19.5 Å². The predicted octanol–water partition coefficient (Wildman–Crippen LogP) is 1.74. The molecule has 0 saturated heterocycles. The number of rotatable bonds is 9. The fraction of sp³-hybridized carbons (Fsp3) is 0.500. The number of nitrogens with two attached hydrogens (primary N) is 1. The molecule has 0 spiro atoms. The molecule has 20 heavy (non-hydrogen) atoms. The van der Waals surface area contributed by atoms with Crippen LogP contribution in [0.5, 0.6) is 11.5 Å². The molecule has 0 radical (unpaired) electrons. The van der Waals surface area contributed by atoms with Gasteiger partial charge in [0.1, 0.15) is 11.5 Å². The van der Waals surface area contributed by atoms with Crippen LogP contribution in [0.1, 0.15) is 19.8 Å². The largest absolute Gasteiger partial charge is 0.494 e. The quantitative estimate of drug-likeness (QED) is 0.682. The molecule has 6 heteroatoms. The second-order valence-electron chi connectivity index (χ2n) is 4.00. The second-order valence-corrected chi connectivity index (χ2v) is 4.00. The van der Waals surface area contributed by atoms with Crippen LogP contribution in [-0.2, 0) is 4.79 Å². The Balaban J connectivity index is 0.00000361. The maximum atomic E-state index is 11.3. The summed E-state index contributed by atoms with van der Waals surface area (Å²) in [6.07, 6.45) is 1.14. The maximum Gasteiger partial charge on any atom is 0.220 e. The number of halogens is 1. The summed E-state index contributed by atoms with van der Waals surface area (Å²) in [4.78, 5) is 11.3. The Morgan fingerprint density at radius 2 is 1.80 bits per heavy atom. The summed E-state index contributed by atoms with van der Waals surface area (Å²) < 4.78 is 10.9. The topological polar surface area (TPSA) is 73.6 Å². The molecule has 0 atom stereocenters. The highest BCUT2D eigenvalue weighted by molar-refractivity contribution is 5.85. The predicted molar refractivity (Wildman–Crippen MR) is 81.7 cm³/mol. The Morgan fingerprint density at radius 3 is 2.35 bits per heavy atom. The highest BCUT2D eigenvalue weighted by atomic mass is 35.5. The van der Waals surface area contributed by atoms with Crippen molar-refractivity contribution in [3.63, 3.8) is 0 Å². The van der Waals surface area contributed by atoms with Crippen molar-refractivity contribution in [1.29, 1.82) is 0 Å². The molecule has 0 heterocycles. The van der Waals surface area contributed by atoms with Crippen LogP contribution >= 0.6 is 12.4 Å². The van der Waals surface area contributed by atoms with Gasteiger partial charge >= 0.3 is 0 Å². The zero-order valence-electron chi connectivity index (χ0n) is 11.8. The van der Waals surface area contributed by atoms with E-state index in [0.717, 1.165) is 11.5 Å². The lowest BCUT2D eigenvalue weighted by atomic mass is 10.3. The van der Waals surface area contributed by atoms with Gasteiger partial charge in [-0.3, -0.25) is 4.79 Å². The molecule has 0 aliphatic heterocycles. The molecule has 1 aromatic carbocycles. The van der Waals surface area contributed by atoms with E-state index in [0.29, 0.717) is 39.1 Å². The highest BCUT2D eigenvalue weighted by Crippen LogP contribution is 2.17. The van der Waals surface area contributed by atoms with Gasteiger partial charge in [-0.05, 0) is 37.6 Å². The van der Waals surface area contributed by atoms with Crippen molar-refractivity contribution in [2.75, 3.05) is 26.3 Å². The van der Waals surface area contributed by atoms with Crippen LogP contribution in [0, 0.1) is 0 Å². The third-order valence-corrected chi connectivity index (χ3v) is 2.42. The smallest absolute Gasteiger partial charge is 0.220 e. The average molecular weight is 303 g/mol. The van der Waals surface area contributed by atoms with Crippen LogP contribution in [0.15, 0.2) is 24.3 Å². The van der Waals surface area contributed by atoms with E-state index in [9.17, 15) is 4.79 Å². The third-order valence-electron chi connectivity index (χ3n) is 2.42. The summed E-state index contributed by atoms with van der Waals surface area (Å²) in [6.45, 7) is 4.11. The van der Waals surface area contributed by atoms with Gasteiger partial charge in [0.25, 0.3) is 0 Å². The first kappa shape index (κ1) is 18.5. The second kappa shape index (κ2) is 11.4. The summed E-state index contributed by atoms with van der Waals surface area (Å²) >= 11 is 0. The van der Waals surface area contributed by atoms with Crippen molar-refractivity contribution < 1.29 is 14.3 Å². The van der Waals surface area contributed by atoms with Crippen LogP contribution in [0.25, 0.3) is 0 Å². The molecule has 1 aromatic rings. The summed E-state index contributed by atoms with van der Waals surface area (Å²) in [5, 5.41) is 2.72. The van der Waals surface area contributed by atoms with Gasteiger partial charge in [-0.2, -0.15) is 0 Å². The first-order chi connectivity index (χ1) is 9.26. The SMILES string of the molecule is CCOc1ccc(OCCCC(=O)NCCN)cc1.Cl. The van der Waals surface area contributed by atoms with Crippen LogP contribution in [0.2, 0.25) is 0 Å². The van der Waals surface area contributed by atoms with Gasteiger partial charge < -0.3 is 20.5 Å². The van der Waals surface area contributed by atoms with Gasteiger partial charge in [0.15, 0.2) is 0 Å². The van der Waals surface area contributed by atoms with Crippen molar-refractivity contribution >= 4 is 18.3 Å². The number of ether oxygens (including phenoxy) is 2. The number of amides is 1. The molecule has 0 saturated carbocycles. The van der Waals surface area contributed by atoms with E-state index >= 15 is 0 Å². The summed E-state index contributed by atoms with van der Waals surface area (Å²) in [5.74, 6) is 1.63. The van der Waals surface area contributed by atoms with E-state index in [1.807, 2.05) is 31.2 Å². The average Bonchev–Trinajstić information content (AvgIpc) is 2.43. The van der Waals surface area contributed by atoms with Gasteiger partial charge in [0.2, 0.25) is 5.91 Å². The number of nitrogens with one attached hydrogen (secondary N) is 1. The van der Waals surface area contributed by atoms with E-state index < -0.39 is 0 Å². The van der Waals surface area contributed by atoms with E-state index in [1.54, 1.807) is 0 Å². The fourth-order valence-electron chi connectivity index (χ4n) is 1.52. The summed E-state index contributed by atoms with van der Waals surface area (Å²) in [6, 6.07) is 7.46. The van der Waals surface area contributed by atoms with E-state index in [1.165, 1.54) is 0 Å². The molecule has 0 bridgehead atoms. The third kappa shape index (κ3) is 7.86. The minimum Gasteiger partial charge on any atom is -0.494 e. The van der Waals surface area contributed by atoms with Crippen molar-refractivity contribution in [2.24, 2.45) is 5.73 Å². The lowest BCUT2D eigenvalue weighted by molar-refractivity contribution is -0.121. The lowest BCUT2D eigenvalue weighted by Gasteiger charge is -2.08. The van der Waals surface area contributed by atoms with Crippen molar-refractivity contribution in [1.82, 2.24) is 5.32 Å². The number of benzene rings is 1. The molecule has 0 unspecified atom stereocenters. The molecular weight excluding hydrogens is 280 g/mol. The number of carbonyl (C=O) groups excluding carboxylic acids is 1. The molecule has 1 amide bonds. The molecular formula is C14H23ClN2O3. The maximum absolute atomic E-state index is 11.3. The van der Waals surface area contributed by atoms with Crippen molar-refractivity contribution in [3.8, 4) is 11.5 Å². The Hall–Kier alpha value is -1.46. The normalized spacial score (nSPS) is 9.50. The molecule has 1 rings (SSSR count). The monoisotopic (exact) mass is 302 g/mol. The number of carbonyl (C=O) groups is 1. The Labute approximate surface area is 126 Å². The molecule has 3 N–H and O–H groups in total. The Kier molecular flexibility index (Phi) is 10.5. The molecule has 5 nitrogen and oxygen atoms in total. The Morgan fingerprint density at radius 1 is 1.20 bits per heavy atom. The molecule has 0 aromatic heterocycles. The Bertz CT molecular complexity index is 371. The number of hydrogen-bond donors (Lipinski definition) is 2. The van der Waals surface area contributed by atoms with Gasteiger partial charge in [-0.15, -0.1) is 12.4 Å². The minimum absolute atomic E-state index is 0. The molecule has 0 aliphatic rings. The van der Waals surface area contributed by atoms with E-state index in [2.05, 4.69) is 5.32 Å². The highest BCUT2D eigenvalue weighted by Gasteiger charge is 2.00. The van der Waals surface area contributed by atoms with E-state index in [-0.39, 0.29) is 18.3 Å². The van der Waals surface area contributed by atoms with E-state index in [4.69, 9.17) is 15.2 Å². The minimum atomic E-state index is 0. The summed E-state index contributed by atoms with van der Waals surface area (Å²) in [5.41, 5.74) is 5.29. The fourth-order valence-corrected chi connectivity index (χ4v) is 1.52. The van der Waals surface area contributed by atoms with Gasteiger partial charge in [-0.1, -0.05) is 0 Å². The van der Waals surface area contributed by atoms with Crippen molar-refractivity contribution in [3.05, 3.63) is 24.3 Å². The standard InChI is InChI=1S/C14H22N2O3.ClH/c1-2-18-12-5-7-13(8-6-12)19-11-3-4-14(17)16-10-9-15;/h5-8H,2-4,9-11,15H2,1H3,(H,16,17);1H. The van der Waals surface area contributed by atoms with Crippen LogP contribution in [-0.4, -0.2) is 32.2 Å².